The first-order valence-electron chi connectivity index (χ1n) is 8.47. The lowest BCUT2D eigenvalue weighted by molar-refractivity contribution is 0.0600. The molecule has 1 atom stereocenters. The molecule has 1 saturated carbocycles. The zero-order valence-corrected chi connectivity index (χ0v) is 14.7. The summed E-state index contributed by atoms with van der Waals surface area (Å²) in [6.45, 7) is 2.31. The Morgan fingerprint density at radius 1 is 1.31 bits per heavy atom. The normalized spacial score (nSPS) is 15.0. The molecule has 9 heteroatoms. The first kappa shape index (κ1) is 17.8. The van der Waals surface area contributed by atoms with Gasteiger partial charge in [-0.05, 0) is 43.9 Å². The van der Waals surface area contributed by atoms with E-state index >= 15 is 0 Å². The fraction of sp³-hybridized carbons (Fsp3) is 0.471. The number of ether oxygens (including phenoxy) is 2. The Morgan fingerprint density at radius 3 is 2.69 bits per heavy atom. The molecule has 2 aromatic rings. The van der Waals surface area contributed by atoms with Gasteiger partial charge in [0.05, 0.1) is 25.3 Å². The van der Waals surface area contributed by atoms with E-state index in [2.05, 4.69) is 25.9 Å². The van der Waals surface area contributed by atoms with Crippen LogP contribution in [0.4, 0.5) is 0 Å². The second-order valence-corrected chi connectivity index (χ2v) is 6.31. The molecule has 1 unspecified atom stereocenters. The summed E-state index contributed by atoms with van der Waals surface area (Å²) >= 11 is 0. The van der Waals surface area contributed by atoms with Crippen LogP contribution in [0.2, 0.25) is 0 Å². The molecule has 138 valence electrons. The van der Waals surface area contributed by atoms with E-state index in [-0.39, 0.29) is 11.5 Å². The number of benzene rings is 1. The third kappa shape index (κ3) is 4.16. The Balaban J connectivity index is 1.76. The van der Waals surface area contributed by atoms with Crippen LogP contribution in [0.1, 0.15) is 58.8 Å². The monoisotopic (exact) mass is 359 g/mol. The first-order chi connectivity index (χ1) is 12.6. The third-order valence-electron chi connectivity index (χ3n) is 4.40. The summed E-state index contributed by atoms with van der Waals surface area (Å²) in [6, 6.07) is 4.23. The molecular weight excluding hydrogens is 338 g/mol. The number of tetrazole rings is 1. The molecule has 0 aliphatic heterocycles. The number of esters is 1. The lowest BCUT2D eigenvalue weighted by Crippen LogP contribution is -2.27. The van der Waals surface area contributed by atoms with Crippen LogP contribution >= 0.6 is 0 Å². The van der Waals surface area contributed by atoms with Crippen molar-refractivity contribution in [3.8, 4) is 5.75 Å². The number of rotatable bonds is 7. The predicted octanol–water partition coefficient (Wildman–Crippen LogP) is 1.66. The van der Waals surface area contributed by atoms with Gasteiger partial charge in [-0.25, -0.2) is 4.79 Å². The minimum absolute atomic E-state index is 0.260. The number of hydrogen-bond acceptors (Lipinski definition) is 7. The van der Waals surface area contributed by atoms with Crippen molar-refractivity contribution in [2.75, 3.05) is 13.7 Å². The highest BCUT2D eigenvalue weighted by Gasteiger charge is 2.20. The van der Waals surface area contributed by atoms with E-state index in [1.54, 1.807) is 19.1 Å². The molecule has 1 fully saturated rings. The average Bonchev–Trinajstić information content (AvgIpc) is 3.14. The molecule has 1 amide bonds. The van der Waals surface area contributed by atoms with Crippen molar-refractivity contribution in [1.29, 1.82) is 0 Å². The maximum atomic E-state index is 12.6. The summed E-state index contributed by atoms with van der Waals surface area (Å²) in [5.41, 5.74) is 0.558. The quantitative estimate of drug-likeness (QED) is 0.721. The van der Waals surface area contributed by atoms with Crippen LogP contribution in [0.25, 0.3) is 0 Å². The lowest BCUT2D eigenvalue weighted by Gasteiger charge is -2.25. The Hall–Kier alpha value is -2.97. The number of H-pyrrole nitrogens is 1. The largest absolute Gasteiger partial charge is 0.493 e. The molecular formula is C17H21N5O4. The predicted molar refractivity (Wildman–Crippen MR) is 90.7 cm³/mol. The third-order valence-corrected chi connectivity index (χ3v) is 4.40. The number of carbonyl (C=O) groups excluding carboxylic acids is 2. The van der Waals surface area contributed by atoms with Crippen LogP contribution in [-0.4, -0.2) is 46.2 Å². The van der Waals surface area contributed by atoms with E-state index in [4.69, 9.17) is 9.47 Å². The van der Waals surface area contributed by atoms with Crippen LogP contribution < -0.4 is 10.1 Å². The number of aromatic nitrogens is 4. The van der Waals surface area contributed by atoms with Gasteiger partial charge in [-0.3, -0.25) is 4.79 Å². The fourth-order valence-corrected chi connectivity index (χ4v) is 2.62. The zero-order chi connectivity index (χ0) is 18.5. The topological polar surface area (TPSA) is 119 Å². The summed E-state index contributed by atoms with van der Waals surface area (Å²) in [6.07, 6.45) is 3.51. The van der Waals surface area contributed by atoms with E-state index < -0.39 is 12.0 Å². The Morgan fingerprint density at radius 2 is 2.08 bits per heavy atom. The summed E-state index contributed by atoms with van der Waals surface area (Å²) in [5.74, 6) is 0.467. The molecule has 9 nitrogen and oxygen atoms in total. The number of nitrogens with zero attached hydrogens (tertiary/aromatic N) is 3. The molecule has 1 aliphatic carbocycles. The van der Waals surface area contributed by atoms with Gasteiger partial charge >= 0.3 is 5.97 Å². The molecule has 0 bridgehead atoms. The Bertz CT molecular complexity index is 773. The van der Waals surface area contributed by atoms with Crippen molar-refractivity contribution < 1.29 is 19.1 Å². The van der Waals surface area contributed by atoms with E-state index in [0.29, 0.717) is 29.7 Å². The van der Waals surface area contributed by atoms with Gasteiger partial charge in [-0.1, -0.05) is 11.6 Å². The molecule has 2 N–H and O–H groups in total. The minimum Gasteiger partial charge on any atom is -0.493 e. The Kier molecular flexibility index (Phi) is 5.45. The van der Waals surface area contributed by atoms with Crippen LogP contribution in [0.15, 0.2) is 18.2 Å². The van der Waals surface area contributed by atoms with Gasteiger partial charge in [0.1, 0.15) is 5.75 Å². The number of amides is 1. The van der Waals surface area contributed by atoms with Gasteiger partial charge < -0.3 is 14.8 Å². The second-order valence-electron chi connectivity index (χ2n) is 6.31. The summed E-state index contributed by atoms with van der Waals surface area (Å²) < 4.78 is 10.6. The second kappa shape index (κ2) is 7.94. The van der Waals surface area contributed by atoms with Gasteiger partial charge in [-0.2, -0.15) is 5.21 Å². The van der Waals surface area contributed by atoms with E-state index in [9.17, 15) is 9.59 Å². The highest BCUT2D eigenvalue weighted by atomic mass is 16.5. The SMILES string of the molecule is COC(=O)c1cc(OCC2CCC2)cc(C(=O)NC(C)c2nn[nH]n2)c1. The first-order valence-corrected chi connectivity index (χ1v) is 8.47. The van der Waals surface area contributed by atoms with Crippen molar-refractivity contribution in [3.05, 3.63) is 35.2 Å². The van der Waals surface area contributed by atoms with Gasteiger partial charge in [0.15, 0.2) is 5.82 Å². The summed E-state index contributed by atoms with van der Waals surface area (Å²) in [7, 11) is 1.29. The number of nitrogens with one attached hydrogen (secondary N) is 2. The van der Waals surface area contributed by atoms with Gasteiger partial charge in [0, 0.05) is 5.56 Å². The number of aromatic amines is 1. The average molecular weight is 359 g/mol. The standard InChI is InChI=1S/C17H21N5O4/c1-10(15-19-21-22-20-15)18-16(23)12-6-13(17(24)25-2)8-14(7-12)26-9-11-4-3-5-11/h6-8,10-11H,3-5,9H2,1-2H3,(H,18,23)(H,19,20,21,22). The number of methoxy groups -OCH3 is 1. The molecule has 0 saturated heterocycles. The lowest BCUT2D eigenvalue weighted by atomic mass is 9.86. The molecule has 3 rings (SSSR count). The van der Waals surface area contributed by atoms with Crippen molar-refractivity contribution in [3.63, 3.8) is 0 Å². The molecule has 0 spiro atoms. The molecule has 1 aliphatic rings. The highest BCUT2D eigenvalue weighted by Crippen LogP contribution is 2.28. The van der Waals surface area contributed by atoms with Gasteiger partial charge in [-0.15, -0.1) is 10.2 Å². The maximum Gasteiger partial charge on any atom is 0.338 e. The number of carbonyl (C=O) groups is 2. The summed E-state index contributed by atoms with van der Waals surface area (Å²) in [5, 5.41) is 16.3. The molecule has 1 aromatic carbocycles. The van der Waals surface area contributed by atoms with Crippen molar-refractivity contribution in [2.24, 2.45) is 5.92 Å². The van der Waals surface area contributed by atoms with Gasteiger partial charge in [0.2, 0.25) is 0 Å². The number of hydrogen-bond donors (Lipinski definition) is 2. The minimum atomic E-state index is -0.528. The smallest absolute Gasteiger partial charge is 0.338 e. The maximum absolute atomic E-state index is 12.6. The van der Waals surface area contributed by atoms with Crippen molar-refractivity contribution in [1.82, 2.24) is 25.9 Å². The van der Waals surface area contributed by atoms with E-state index in [1.165, 1.54) is 19.6 Å². The van der Waals surface area contributed by atoms with E-state index in [0.717, 1.165) is 12.8 Å². The fourth-order valence-electron chi connectivity index (χ4n) is 2.62. The molecule has 1 heterocycles. The van der Waals surface area contributed by atoms with Gasteiger partial charge in [0.25, 0.3) is 5.91 Å². The zero-order valence-electron chi connectivity index (χ0n) is 14.7. The van der Waals surface area contributed by atoms with Crippen LogP contribution in [0.3, 0.4) is 0 Å². The van der Waals surface area contributed by atoms with Crippen LogP contribution in [0, 0.1) is 5.92 Å². The molecule has 26 heavy (non-hydrogen) atoms. The molecule has 0 radical (unpaired) electrons. The van der Waals surface area contributed by atoms with Crippen LogP contribution in [-0.2, 0) is 4.74 Å². The molecule has 1 aromatic heterocycles. The highest BCUT2D eigenvalue weighted by molar-refractivity contribution is 5.98. The summed E-state index contributed by atoms with van der Waals surface area (Å²) in [4.78, 5) is 24.5. The van der Waals surface area contributed by atoms with Crippen molar-refractivity contribution in [2.45, 2.75) is 32.2 Å². The Labute approximate surface area is 150 Å². The van der Waals surface area contributed by atoms with Crippen molar-refractivity contribution >= 4 is 11.9 Å². The van der Waals surface area contributed by atoms with E-state index in [1.807, 2.05) is 0 Å². The van der Waals surface area contributed by atoms with Crippen LogP contribution in [0.5, 0.6) is 5.75 Å².